The van der Waals surface area contributed by atoms with Crippen molar-refractivity contribution in [2.75, 3.05) is 0 Å². The van der Waals surface area contributed by atoms with Gasteiger partial charge in [-0.25, -0.2) is 10.1 Å². The van der Waals surface area contributed by atoms with Crippen LogP contribution in [0.3, 0.4) is 0 Å². The molecule has 4 aromatic heterocycles. The number of rotatable bonds is 1. The van der Waals surface area contributed by atoms with Crippen molar-refractivity contribution in [3.8, 4) is 10.6 Å². The Bertz CT molecular complexity index is 939. The summed E-state index contributed by atoms with van der Waals surface area (Å²) in [6.07, 6.45) is 0. The summed E-state index contributed by atoms with van der Waals surface area (Å²) in [6.45, 7) is 0. The van der Waals surface area contributed by atoms with E-state index in [1.165, 1.54) is 11.3 Å². The fourth-order valence-corrected chi connectivity index (χ4v) is 3.64. The van der Waals surface area contributed by atoms with E-state index in [9.17, 15) is 4.79 Å². The lowest BCUT2D eigenvalue weighted by atomic mass is 10.2. The third-order valence-corrected chi connectivity index (χ3v) is 4.79. The molecule has 4 rings (SSSR count). The molecule has 7 heteroatoms. The Morgan fingerprint density at radius 2 is 2.16 bits per heavy atom. The third kappa shape index (κ3) is 1.59. The van der Waals surface area contributed by atoms with Gasteiger partial charge in [0.1, 0.15) is 15.0 Å². The minimum absolute atomic E-state index is 0.217. The molecule has 0 amide bonds. The Balaban J connectivity index is 2.08. The molecule has 1 N–H and O–H groups in total. The monoisotopic (exact) mass is 286 g/mol. The molecule has 19 heavy (non-hydrogen) atoms. The van der Waals surface area contributed by atoms with Crippen LogP contribution in [-0.4, -0.2) is 20.4 Å². The van der Waals surface area contributed by atoms with Crippen LogP contribution in [0.4, 0.5) is 0 Å². The average molecular weight is 286 g/mol. The SMILES string of the molecule is O=c1[nH]nnc2c1sc1nc(-c3cccs3)ccc12. The van der Waals surface area contributed by atoms with E-state index >= 15 is 0 Å². The molecule has 0 bridgehead atoms. The Kier molecular flexibility index (Phi) is 2.23. The Morgan fingerprint density at radius 1 is 1.21 bits per heavy atom. The number of thiophene rings is 2. The molecular formula is C12H6N4OS2. The highest BCUT2D eigenvalue weighted by Crippen LogP contribution is 2.31. The lowest BCUT2D eigenvalue weighted by Crippen LogP contribution is -2.07. The first kappa shape index (κ1) is 10.8. The summed E-state index contributed by atoms with van der Waals surface area (Å²) in [7, 11) is 0. The van der Waals surface area contributed by atoms with Crippen LogP contribution in [0.5, 0.6) is 0 Å². The van der Waals surface area contributed by atoms with Crippen molar-refractivity contribution in [3.63, 3.8) is 0 Å². The molecule has 0 saturated heterocycles. The zero-order chi connectivity index (χ0) is 12.8. The van der Waals surface area contributed by atoms with Gasteiger partial charge in [-0.1, -0.05) is 11.3 Å². The minimum Gasteiger partial charge on any atom is -0.266 e. The molecule has 4 aromatic rings. The summed E-state index contributed by atoms with van der Waals surface area (Å²) >= 11 is 2.99. The number of pyridine rings is 1. The lowest BCUT2D eigenvalue weighted by molar-refractivity contribution is 0.876. The fraction of sp³-hybridized carbons (Fsp3) is 0. The Morgan fingerprint density at radius 3 is 3.00 bits per heavy atom. The normalized spacial score (nSPS) is 11.4. The van der Waals surface area contributed by atoms with Crippen molar-refractivity contribution in [1.29, 1.82) is 0 Å². The molecule has 0 fully saturated rings. The molecule has 5 nitrogen and oxygen atoms in total. The first-order valence-electron chi connectivity index (χ1n) is 5.51. The predicted molar refractivity (Wildman–Crippen MR) is 76.6 cm³/mol. The zero-order valence-corrected chi connectivity index (χ0v) is 11.1. The van der Waals surface area contributed by atoms with Crippen LogP contribution in [0.2, 0.25) is 0 Å². The van der Waals surface area contributed by atoms with Crippen molar-refractivity contribution >= 4 is 43.1 Å². The average Bonchev–Trinajstić information content (AvgIpc) is 3.06. The number of hydrogen-bond acceptors (Lipinski definition) is 6. The van der Waals surface area contributed by atoms with Crippen molar-refractivity contribution in [2.45, 2.75) is 0 Å². The van der Waals surface area contributed by atoms with Crippen LogP contribution in [0.1, 0.15) is 0 Å². The molecule has 0 saturated carbocycles. The van der Waals surface area contributed by atoms with Crippen molar-refractivity contribution < 1.29 is 0 Å². The molecular weight excluding hydrogens is 280 g/mol. The molecule has 0 aliphatic carbocycles. The number of nitrogens with one attached hydrogen (secondary N) is 1. The van der Waals surface area contributed by atoms with E-state index in [1.807, 2.05) is 29.6 Å². The van der Waals surface area contributed by atoms with Gasteiger partial charge in [0.05, 0.1) is 10.6 Å². The summed E-state index contributed by atoms with van der Waals surface area (Å²) in [5.74, 6) is 0. The van der Waals surface area contributed by atoms with Gasteiger partial charge >= 0.3 is 0 Å². The standard InChI is InChI=1S/C12H6N4OS2/c17-11-10-9(14-16-15-11)6-3-4-7(13-12(6)19-10)8-2-1-5-18-8/h1-5H,(H,14,15,17). The van der Waals surface area contributed by atoms with E-state index < -0.39 is 0 Å². The maximum atomic E-state index is 11.7. The van der Waals surface area contributed by atoms with Crippen LogP contribution in [-0.2, 0) is 0 Å². The number of aromatic nitrogens is 4. The summed E-state index contributed by atoms with van der Waals surface area (Å²) in [5.41, 5.74) is 1.32. The summed E-state index contributed by atoms with van der Waals surface area (Å²) < 4.78 is 0.570. The highest BCUT2D eigenvalue weighted by atomic mass is 32.1. The van der Waals surface area contributed by atoms with Crippen molar-refractivity contribution in [2.24, 2.45) is 0 Å². The van der Waals surface area contributed by atoms with E-state index in [4.69, 9.17) is 0 Å². The number of fused-ring (bicyclic) bond motifs is 3. The molecule has 0 aliphatic rings. The van der Waals surface area contributed by atoms with Gasteiger partial charge in [0.15, 0.2) is 0 Å². The second kappa shape index (κ2) is 3.94. The van der Waals surface area contributed by atoms with Gasteiger partial charge in [-0.05, 0) is 23.6 Å². The topological polar surface area (TPSA) is 71.5 Å². The quantitative estimate of drug-likeness (QED) is 0.584. The van der Waals surface area contributed by atoms with Crippen LogP contribution in [0.15, 0.2) is 34.4 Å². The van der Waals surface area contributed by atoms with E-state index in [0.717, 1.165) is 20.8 Å². The van der Waals surface area contributed by atoms with Crippen LogP contribution in [0.25, 0.3) is 31.0 Å². The number of nitrogens with zero attached hydrogens (tertiary/aromatic N) is 3. The van der Waals surface area contributed by atoms with Crippen LogP contribution in [0, 0.1) is 0 Å². The molecule has 0 radical (unpaired) electrons. The van der Waals surface area contributed by atoms with Crippen molar-refractivity contribution in [1.82, 2.24) is 20.4 Å². The summed E-state index contributed by atoms with van der Waals surface area (Å²) in [4.78, 5) is 18.2. The number of aromatic amines is 1. The van der Waals surface area contributed by atoms with Crippen LogP contribution >= 0.6 is 22.7 Å². The predicted octanol–water partition coefficient (Wildman–Crippen LogP) is 2.66. The molecule has 0 aliphatic heterocycles. The van der Waals surface area contributed by atoms with Gasteiger partial charge < -0.3 is 0 Å². The second-order valence-corrected chi connectivity index (χ2v) is 5.89. The van der Waals surface area contributed by atoms with Gasteiger partial charge in [0.25, 0.3) is 5.56 Å². The minimum atomic E-state index is -0.217. The number of H-pyrrole nitrogens is 1. The second-order valence-electron chi connectivity index (χ2n) is 3.95. The maximum absolute atomic E-state index is 11.7. The molecule has 0 unspecified atom stereocenters. The van der Waals surface area contributed by atoms with E-state index in [-0.39, 0.29) is 5.56 Å². The fourth-order valence-electron chi connectivity index (χ4n) is 1.95. The third-order valence-electron chi connectivity index (χ3n) is 2.81. The lowest BCUT2D eigenvalue weighted by Gasteiger charge is -1.96. The van der Waals surface area contributed by atoms with E-state index in [2.05, 4.69) is 20.4 Å². The van der Waals surface area contributed by atoms with E-state index in [0.29, 0.717) is 10.2 Å². The molecule has 92 valence electrons. The van der Waals surface area contributed by atoms with E-state index in [1.54, 1.807) is 11.3 Å². The maximum Gasteiger partial charge on any atom is 0.285 e. The summed E-state index contributed by atoms with van der Waals surface area (Å²) in [5, 5.41) is 12.8. The van der Waals surface area contributed by atoms with Crippen LogP contribution < -0.4 is 5.56 Å². The van der Waals surface area contributed by atoms with Gasteiger partial charge in [0.2, 0.25) is 0 Å². The molecule has 4 heterocycles. The van der Waals surface area contributed by atoms with Crippen molar-refractivity contribution in [3.05, 3.63) is 40.0 Å². The largest absolute Gasteiger partial charge is 0.285 e. The highest BCUT2D eigenvalue weighted by molar-refractivity contribution is 7.25. The Labute approximate surface area is 114 Å². The molecule has 0 spiro atoms. The van der Waals surface area contributed by atoms with Gasteiger partial charge in [-0.3, -0.25) is 4.79 Å². The highest BCUT2D eigenvalue weighted by Gasteiger charge is 2.12. The van der Waals surface area contributed by atoms with Gasteiger partial charge in [-0.2, -0.15) is 0 Å². The first-order chi connectivity index (χ1) is 9.33. The smallest absolute Gasteiger partial charge is 0.266 e. The Hall–Kier alpha value is -2.12. The molecule has 0 aromatic carbocycles. The van der Waals surface area contributed by atoms with Gasteiger partial charge in [-0.15, -0.1) is 27.8 Å². The molecule has 0 atom stereocenters. The first-order valence-corrected chi connectivity index (χ1v) is 7.21. The number of hydrogen-bond donors (Lipinski definition) is 1. The summed E-state index contributed by atoms with van der Waals surface area (Å²) in [6, 6.07) is 7.92. The zero-order valence-electron chi connectivity index (χ0n) is 9.45. The van der Waals surface area contributed by atoms with Gasteiger partial charge in [0, 0.05) is 5.39 Å².